The van der Waals surface area contributed by atoms with Crippen molar-refractivity contribution in [2.24, 2.45) is 0 Å². The maximum absolute atomic E-state index is 13.1. The average Bonchev–Trinajstić information content (AvgIpc) is 2.95. The van der Waals surface area contributed by atoms with Crippen molar-refractivity contribution in [3.63, 3.8) is 0 Å². The molecule has 0 saturated carbocycles. The average molecular weight is 357 g/mol. The van der Waals surface area contributed by atoms with Crippen molar-refractivity contribution >= 4 is 27.5 Å². The fourth-order valence-corrected chi connectivity index (χ4v) is 5.65. The van der Waals surface area contributed by atoms with Crippen LogP contribution in [0.2, 0.25) is 5.02 Å². The Hall–Kier alpha value is -1.11. The molecule has 0 unspecified atom stereocenters. The lowest BCUT2D eigenvalue weighted by atomic mass is 10.1. The van der Waals surface area contributed by atoms with Crippen molar-refractivity contribution in [3.8, 4) is 0 Å². The molecule has 2 atom stereocenters. The van der Waals surface area contributed by atoms with Gasteiger partial charge >= 0.3 is 0 Å². The molecule has 2 aliphatic rings. The van der Waals surface area contributed by atoms with Crippen molar-refractivity contribution < 1.29 is 13.2 Å². The number of aryl methyl sites for hydroxylation is 2. The second-order valence-electron chi connectivity index (χ2n) is 6.45. The Morgan fingerprint density at radius 3 is 2.61 bits per heavy atom. The number of hydrogen-bond acceptors (Lipinski definition) is 3. The molecule has 1 aromatic carbocycles. The van der Waals surface area contributed by atoms with Gasteiger partial charge in [0.1, 0.15) is 6.04 Å². The quantitative estimate of drug-likeness (QED) is 0.817. The van der Waals surface area contributed by atoms with E-state index in [1.165, 1.54) is 4.31 Å². The zero-order chi connectivity index (χ0) is 16.9. The second kappa shape index (κ2) is 5.76. The van der Waals surface area contributed by atoms with Crippen LogP contribution in [0.3, 0.4) is 0 Å². The third kappa shape index (κ3) is 2.66. The molecule has 2 heterocycles. The summed E-state index contributed by atoms with van der Waals surface area (Å²) < 4.78 is 27.6. The predicted octanol–water partition coefficient (Wildman–Crippen LogP) is 2.34. The largest absolute Gasteiger partial charge is 0.337 e. The third-order valence-electron chi connectivity index (χ3n) is 4.88. The molecule has 0 N–H and O–H groups in total. The van der Waals surface area contributed by atoms with Gasteiger partial charge in [-0.15, -0.1) is 0 Å². The standard InChI is InChI=1S/C16H21ClN2O3S/c1-10-8-15(11(2)7-14(10)17)23(21,22)19-9-13-5-4-6-18(13)16(20)12(19)3/h7-8,12-13H,4-6,9H2,1-3H3/t12-,13+/m1/s1. The van der Waals surface area contributed by atoms with E-state index in [9.17, 15) is 13.2 Å². The number of carbonyl (C=O) groups excluding carboxylic acids is 1. The van der Waals surface area contributed by atoms with Gasteiger partial charge in [-0.1, -0.05) is 11.6 Å². The summed E-state index contributed by atoms with van der Waals surface area (Å²) >= 11 is 6.08. The van der Waals surface area contributed by atoms with E-state index in [4.69, 9.17) is 11.6 Å². The number of amides is 1. The van der Waals surface area contributed by atoms with E-state index in [2.05, 4.69) is 0 Å². The van der Waals surface area contributed by atoms with Gasteiger partial charge in [0.15, 0.2) is 0 Å². The highest BCUT2D eigenvalue weighted by Gasteiger charge is 2.45. The minimum atomic E-state index is -3.73. The number of sulfonamides is 1. The van der Waals surface area contributed by atoms with E-state index >= 15 is 0 Å². The van der Waals surface area contributed by atoms with Crippen molar-refractivity contribution in [2.75, 3.05) is 13.1 Å². The summed E-state index contributed by atoms with van der Waals surface area (Å²) in [7, 11) is -3.73. The van der Waals surface area contributed by atoms with Crippen LogP contribution in [-0.2, 0) is 14.8 Å². The topological polar surface area (TPSA) is 57.7 Å². The molecule has 0 aliphatic carbocycles. The predicted molar refractivity (Wildman–Crippen MR) is 89.0 cm³/mol. The van der Waals surface area contributed by atoms with Crippen LogP contribution in [0.25, 0.3) is 0 Å². The minimum absolute atomic E-state index is 0.00202. The molecular formula is C16H21ClN2O3S. The molecule has 1 aromatic rings. The lowest BCUT2D eigenvalue weighted by molar-refractivity contribution is -0.139. The van der Waals surface area contributed by atoms with Crippen molar-refractivity contribution in [1.29, 1.82) is 0 Å². The second-order valence-corrected chi connectivity index (χ2v) is 8.71. The smallest absolute Gasteiger partial charge is 0.244 e. The molecule has 23 heavy (non-hydrogen) atoms. The monoisotopic (exact) mass is 356 g/mol. The normalized spacial score (nSPS) is 25.7. The number of halogens is 1. The van der Waals surface area contributed by atoms with Gasteiger partial charge in [0.05, 0.1) is 4.90 Å². The molecule has 2 saturated heterocycles. The first-order valence-corrected chi connectivity index (χ1v) is 9.64. The highest BCUT2D eigenvalue weighted by atomic mass is 35.5. The number of hydrogen-bond donors (Lipinski definition) is 0. The first-order chi connectivity index (χ1) is 10.7. The molecule has 0 bridgehead atoms. The van der Waals surface area contributed by atoms with Crippen LogP contribution in [0, 0.1) is 13.8 Å². The molecule has 3 rings (SSSR count). The molecule has 0 radical (unpaired) electrons. The summed E-state index contributed by atoms with van der Waals surface area (Å²) in [6, 6.07) is 2.61. The van der Waals surface area contributed by atoms with Crippen LogP contribution in [0.15, 0.2) is 17.0 Å². The van der Waals surface area contributed by atoms with Gasteiger partial charge in [0, 0.05) is 24.2 Å². The van der Waals surface area contributed by atoms with E-state index in [1.54, 1.807) is 32.9 Å². The lowest BCUT2D eigenvalue weighted by Crippen LogP contribution is -2.59. The molecule has 2 aliphatic heterocycles. The summed E-state index contributed by atoms with van der Waals surface area (Å²) in [5.74, 6) is -0.0920. The third-order valence-corrected chi connectivity index (χ3v) is 7.37. The van der Waals surface area contributed by atoms with E-state index in [-0.39, 0.29) is 16.8 Å². The molecule has 0 aromatic heterocycles. The molecule has 5 nitrogen and oxygen atoms in total. The molecule has 126 valence electrons. The van der Waals surface area contributed by atoms with E-state index in [0.717, 1.165) is 19.4 Å². The van der Waals surface area contributed by atoms with Gasteiger partial charge in [0.2, 0.25) is 15.9 Å². The van der Waals surface area contributed by atoms with Gasteiger partial charge in [-0.25, -0.2) is 8.42 Å². The van der Waals surface area contributed by atoms with E-state index < -0.39 is 16.1 Å². The fourth-order valence-electron chi connectivity index (χ4n) is 3.51. The SMILES string of the molecule is Cc1cc(S(=O)(=O)N2C[C@@H]3CCCN3C(=O)[C@H]2C)c(C)cc1Cl. The van der Waals surface area contributed by atoms with Gasteiger partial charge in [0.25, 0.3) is 0 Å². The summed E-state index contributed by atoms with van der Waals surface area (Å²) in [5, 5.41) is 0.547. The first-order valence-electron chi connectivity index (χ1n) is 7.82. The number of carbonyl (C=O) groups is 1. The van der Waals surface area contributed by atoms with Crippen LogP contribution in [0.4, 0.5) is 0 Å². The number of fused-ring (bicyclic) bond motifs is 1. The van der Waals surface area contributed by atoms with Crippen LogP contribution < -0.4 is 0 Å². The molecule has 1 amide bonds. The van der Waals surface area contributed by atoms with E-state index in [0.29, 0.717) is 22.7 Å². The van der Waals surface area contributed by atoms with Crippen LogP contribution in [-0.4, -0.2) is 48.7 Å². The fraction of sp³-hybridized carbons (Fsp3) is 0.562. The molecule has 7 heteroatoms. The maximum Gasteiger partial charge on any atom is 0.244 e. The van der Waals surface area contributed by atoms with Gasteiger partial charge in [-0.2, -0.15) is 4.31 Å². The van der Waals surface area contributed by atoms with Crippen molar-refractivity contribution in [1.82, 2.24) is 9.21 Å². The Kier molecular flexibility index (Phi) is 4.19. The van der Waals surface area contributed by atoms with Crippen molar-refractivity contribution in [2.45, 2.75) is 50.6 Å². The number of benzene rings is 1. The summed E-state index contributed by atoms with van der Waals surface area (Å²) in [5.41, 5.74) is 1.32. The lowest BCUT2D eigenvalue weighted by Gasteiger charge is -2.40. The van der Waals surface area contributed by atoms with Crippen LogP contribution in [0.1, 0.15) is 30.9 Å². The Labute approximate surface area is 142 Å². The minimum Gasteiger partial charge on any atom is -0.337 e. The number of nitrogens with zero attached hydrogens (tertiary/aromatic N) is 2. The number of piperazine rings is 1. The van der Waals surface area contributed by atoms with Crippen LogP contribution >= 0.6 is 11.6 Å². The summed E-state index contributed by atoms with van der Waals surface area (Å²) in [4.78, 5) is 14.6. The first kappa shape index (κ1) is 16.7. The zero-order valence-electron chi connectivity index (χ0n) is 13.5. The Bertz CT molecular complexity index is 763. The highest BCUT2D eigenvalue weighted by Crippen LogP contribution is 2.32. The molecular weight excluding hydrogens is 336 g/mol. The van der Waals surface area contributed by atoms with Gasteiger partial charge in [-0.05, 0) is 56.9 Å². The highest BCUT2D eigenvalue weighted by molar-refractivity contribution is 7.89. The Balaban J connectivity index is 2.02. The summed E-state index contributed by atoms with van der Waals surface area (Å²) in [6.45, 7) is 6.30. The Morgan fingerprint density at radius 2 is 1.91 bits per heavy atom. The van der Waals surface area contributed by atoms with Gasteiger partial charge in [-0.3, -0.25) is 4.79 Å². The van der Waals surface area contributed by atoms with Crippen LogP contribution in [0.5, 0.6) is 0 Å². The van der Waals surface area contributed by atoms with E-state index in [1.807, 2.05) is 4.90 Å². The zero-order valence-corrected chi connectivity index (χ0v) is 15.1. The van der Waals surface area contributed by atoms with Gasteiger partial charge < -0.3 is 4.90 Å². The molecule has 2 fully saturated rings. The molecule has 0 spiro atoms. The van der Waals surface area contributed by atoms with Crippen molar-refractivity contribution in [3.05, 3.63) is 28.3 Å². The maximum atomic E-state index is 13.1. The number of rotatable bonds is 2. The summed E-state index contributed by atoms with van der Waals surface area (Å²) in [6.07, 6.45) is 1.80. The Morgan fingerprint density at radius 1 is 1.22 bits per heavy atom.